The molecule has 2 heteroatoms. The molecule has 62 heavy (non-hydrogen) atoms. The highest BCUT2D eigenvalue weighted by Crippen LogP contribution is 2.43. The first-order valence-electron chi connectivity index (χ1n) is 24.3. The van der Waals surface area contributed by atoms with Crippen LogP contribution in [0, 0.1) is 0 Å². The molecule has 0 radical (unpaired) electrons. The van der Waals surface area contributed by atoms with Crippen molar-refractivity contribution in [2.45, 2.75) is 0 Å². The molecule has 0 aliphatic heterocycles. The van der Waals surface area contributed by atoms with Gasteiger partial charge in [-0.1, -0.05) is 188 Å². The van der Waals surface area contributed by atoms with Crippen molar-refractivity contribution < 1.29 is 9.60 Å². The van der Waals surface area contributed by atoms with Crippen LogP contribution in [0.2, 0.25) is 0 Å². The van der Waals surface area contributed by atoms with Gasteiger partial charge in [0.15, 0.2) is 0 Å². The minimum atomic E-state index is -0.434. The summed E-state index contributed by atoms with van der Waals surface area (Å²) < 4.78 is 70.4. The lowest BCUT2D eigenvalue weighted by atomic mass is 9.98. The standard InChI is InChI=1S/C60H40N2/c1-5-18-41(19-6-1)47-36-48(42-20-7-2-8-21-42)38-49(37-47)61-57-31-16-14-27-52(57)54-39-45(32-34-58(54)61)46-33-35-59-55(40-46)53-29-17-28-51(44-24-11-4-12-25-44)60(53)62(59)56-30-15-13-26-50(56)43-22-9-3-10-23-43/h1-40H/i14D,16D,27D,31D,32D,34D,39D. The van der Waals surface area contributed by atoms with Crippen LogP contribution in [0.4, 0.5) is 0 Å². The maximum absolute atomic E-state index is 10.1. The quantitative estimate of drug-likeness (QED) is 0.152. The Hall–Kier alpha value is -8.20. The minimum absolute atomic E-state index is 0.0928. The summed E-state index contributed by atoms with van der Waals surface area (Å²) in [5.41, 5.74) is 12.3. The van der Waals surface area contributed by atoms with Gasteiger partial charge in [-0.3, -0.25) is 0 Å². The summed E-state index contributed by atoms with van der Waals surface area (Å²) >= 11 is 0. The number of hydrogen-bond donors (Lipinski definition) is 0. The second-order valence-electron chi connectivity index (χ2n) is 15.6. The van der Waals surface area contributed by atoms with Gasteiger partial charge in [0.05, 0.1) is 37.3 Å². The predicted molar refractivity (Wildman–Crippen MR) is 262 cm³/mol. The summed E-state index contributed by atoms with van der Waals surface area (Å²) in [6.45, 7) is 0. The van der Waals surface area contributed by atoms with Gasteiger partial charge in [-0.15, -0.1) is 0 Å². The van der Waals surface area contributed by atoms with E-state index in [1.807, 2.05) is 133 Å². The van der Waals surface area contributed by atoms with Crippen LogP contribution in [0.1, 0.15) is 9.60 Å². The molecule has 0 aliphatic rings. The van der Waals surface area contributed by atoms with Gasteiger partial charge in [-0.2, -0.15) is 0 Å². The Kier molecular flexibility index (Phi) is 6.95. The number of nitrogens with zero attached hydrogens (tertiary/aromatic N) is 2. The molecule has 0 unspecified atom stereocenters. The molecule has 0 saturated heterocycles. The molecule has 12 rings (SSSR count). The largest absolute Gasteiger partial charge is 0.309 e. The molecular formula is C60H40N2. The van der Waals surface area contributed by atoms with Gasteiger partial charge in [0.1, 0.15) is 0 Å². The first kappa shape index (κ1) is 29.1. The van der Waals surface area contributed by atoms with Crippen molar-refractivity contribution in [1.29, 1.82) is 0 Å². The molecule has 2 nitrogen and oxygen atoms in total. The molecule has 290 valence electrons. The van der Waals surface area contributed by atoms with Gasteiger partial charge in [0.25, 0.3) is 0 Å². The molecule has 0 spiro atoms. The summed E-state index contributed by atoms with van der Waals surface area (Å²) in [6, 6.07) is 65.1. The molecule has 12 aromatic rings. The fourth-order valence-electron chi connectivity index (χ4n) is 9.11. The fraction of sp³-hybridized carbons (Fsp3) is 0. The van der Waals surface area contributed by atoms with Crippen molar-refractivity contribution in [1.82, 2.24) is 9.13 Å². The topological polar surface area (TPSA) is 9.86 Å². The monoisotopic (exact) mass is 795 g/mol. The molecule has 0 bridgehead atoms. The first-order chi connectivity index (χ1) is 33.7. The highest BCUT2D eigenvalue weighted by molar-refractivity contribution is 6.16. The Morgan fingerprint density at radius 1 is 0.306 bits per heavy atom. The van der Waals surface area contributed by atoms with E-state index in [1.165, 1.54) is 0 Å². The Bertz CT molecular complexity index is 3960. The normalized spacial score (nSPS) is 13.1. The van der Waals surface area contributed by atoms with Crippen LogP contribution in [-0.4, -0.2) is 9.13 Å². The molecule has 10 aromatic carbocycles. The second kappa shape index (κ2) is 14.8. The molecule has 2 aromatic heterocycles. The number of fused-ring (bicyclic) bond motifs is 6. The maximum Gasteiger partial charge on any atom is 0.0645 e. The summed E-state index contributed by atoms with van der Waals surface area (Å²) in [5.74, 6) is 0. The number of hydrogen-bond acceptors (Lipinski definition) is 0. The Balaban J connectivity index is 1.16. The summed E-state index contributed by atoms with van der Waals surface area (Å²) in [6.07, 6.45) is 0. The average molecular weight is 796 g/mol. The summed E-state index contributed by atoms with van der Waals surface area (Å²) in [4.78, 5) is 0. The Labute approximate surface area is 370 Å². The third-order valence-corrected chi connectivity index (χ3v) is 11.9. The molecule has 0 saturated carbocycles. The first-order valence-corrected chi connectivity index (χ1v) is 20.8. The van der Waals surface area contributed by atoms with E-state index in [-0.39, 0.29) is 57.6 Å². The Morgan fingerprint density at radius 3 is 1.58 bits per heavy atom. The molecule has 0 atom stereocenters. The van der Waals surface area contributed by atoms with Crippen molar-refractivity contribution in [2.24, 2.45) is 0 Å². The second-order valence-corrected chi connectivity index (χ2v) is 15.6. The van der Waals surface area contributed by atoms with Crippen LogP contribution in [-0.2, 0) is 0 Å². The van der Waals surface area contributed by atoms with Crippen LogP contribution in [0.5, 0.6) is 0 Å². The van der Waals surface area contributed by atoms with Gasteiger partial charge in [-0.25, -0.2) is 0 Å². The fourth-order valence-corrected chi connectivity index (χ4v) is 9.11. The van der Waals surface area contributed by atoms with E-state index in [0.717, 1.165) is 72.0 Å². The van der Waals surface area contributed by atoms with Crippen molar-refractivity contribution >= 4 is 43.6 Å². The van der Waals surface area contributed by atoms with E-state index < -0.39 is 12.1 Å². The average Bonchev–Trinajstić information content (AvgIpc) is 3.94. The zero-order valence-electron chi connectivity index (χ0n) is 40.4. The van der Waals surface area contributed by atoms with Crippen LogP contribution in [0.25, 0.3) is 111 Å². The lowest BCUT2D eigenvalue weighted by Gasteiger charge is -2.16. The summed E-state index contributed by atoms with van der Waals surface area (Å²) in [7, 11) is 0. The highest BCUT2D eigenvalue weighted by Gasteiger charge is 2.21. The third-order valence-electron chi connectivity index (χ3n) is 11.9. The minimum Gasteiger partial charge on any atom is -0.309 e. The van der Waals surface area contributed by atoms with E-state index in [1.54, 1.807) is 4.57 Å². The van der Waals surface area contributed by atoms with Crippen molar-refractivity contribution in [3.8, 4) is 67.0 Å². The predicted octanol–water partition coefficient (Wildman–Crippen LogP) is 16.2. The van der Waals surface area contributed by atoms with Gasteiger partial charge in [0, 0.05) is 38.4 Å². The number of aromatic nitrogens is 2. The van der Waals surface area contributed by atoms with Crippen molar-refractivity contribution in [3.05, 3.63) is 242 Å². The lowest BCUT2D eigenvalue weighted by Crippen LogP contribution is -1.98. The van der Waals surface area contributed by atoms with E-state index in [0.29, 0.717) is 11.3 Å². The lowest BCUT2D eigenvalue weighted by molar-refractivity contribution is 1.18. The SMILES string of the molecule is [2H]c1c([2H])c([2H])c2c(c1[2H])c1c([2H])c(-c3ccc4c(c3)c3cccc(-c5ccccc5)c3n4-c3ccccc3-c3ccccc3)c([2H])c([2H])c1n2-c1cc(-c2ccccc2)cc(-c2ccccc2)c1. The van der Waals surface area contributed by atoms with E-state index >= 15 is 0 Å². The van der Waals surface area contributed by atoms with Gasteiger partial charge in [-0.05, 0) is 99.0 Å². The molecular weight excluding hydrogens is 749 g/mol. The maximum atomic E-state index is 10.1. The zero-order valence-corrected chi connectivity index (χ0v) is 33.4. The van der Waals surface area contributed by atoms with Crippen LogP contribution < -0.4 is 0 Å². The van der Waals surface area contributed by atoms with Gasteiger partial charge >= 0.3 is 0 Å². The van der Waals surface area contributed by atoms with E-state index in [2.05, 4.69) is 71.3 Å². The zero-order chi connectivity index (χ0) is 47.1. The number of benzene rings is 10. The number of para-hydroxylation sites is 3. The molecule has 0 amide bonds. The molecule has 2 heterocycles. The molecule has 0 fully saturated rings. The van der Waals surface area contributed by atoms with Gasteiger partial charge < -0.3 is 9.13 Å². The number of rotatable bonds is 7. The van der Waals surface area contributed by atoms with Gasteiger partial charge in [0.2, 0.25) is 0 Å². The van der Waals surface area contributed by atoms with Crippen molar-refractivity contribution in [2.75, 3.05) is 0 Å². The molecule has 0 aliphatic carbocycles. The molecule has 0 N–H and O–H groups in total. The van der Waals surface area contributed by atoms with Crippen LogP contribution >= 0.6 is 0 Å². The Morgan fingerprint density at radius 2 is 0.887 bits per heavy atom. The van der Waals surface area contributed by atoms with E-state index in [4.69, 9.17) is 2.74 Å². The van der Waals surface area contributed by atoms with E-state index in [9.17, 15) is 6.85 Å². The third kappa shape index (κ3) is 5.96. The highest BCUT2D eigenvalue weighted by atomic mass is 15.0. The van der Waals surface area contributed by atoms with Crippen LogP contribution in [0.15, 0.2) is 242 Å². The smallest absolute Gasteiger partial charge is 0.0645 e. The van der Waals surface area contributed by atoms with Crippen molar-refractivity contribution in [3.63, 3.8) is 0 Å². The summed E-state index contributed by atoms with van der Waals surface area (Å²) in [5, 5.41) is 2.18. The van der Waals surface area contributed by atoms with Crippen LogP contribution in [0.3, 0.4) is 0 Å².